The lowest BCUT2D eigenvalue weighted by molar-refractivity contribution is 0.781. The first-order valence-electron chi connectivity index (χ1n) is 4.20. The van der Waals surface area contributed by atoms with Crippen molar-refractivity contribution in [3.8, 4) is 11.4 Å². The first-order valence-corrected chi connectivity index (χ1v) is 5.37. The van der Waals surface area contributed by atoms with Crippen molar-refractivity contribution in [2.24, 2.45) is 7.05 Å². The number of nitrogens with two attached hydrogens (primary N) is 1. The molecule has 0 spiro atoms. The monoisotopic (exact) mass is 286 g/mol. The SMILES string of the molecule is Cn1nc(-c2ccc(Cl)c(Br)c2)nc1N. The van der Waals surface area contributed by atoms with Crippen LogP contribution in [-0.4, -0.2) is 14.8 Å². The highest BCUT2D eigenvalue weighted by atomic mass is 79.9. The normalized spacial score (nSPS) is 10.6. The molecule has 0 radical (unpaired) electrons. The van der Waals surface area contributed by atoms with Crippen molar-refractivity contribution in [2.75, 3.05) is 5.73 Å². The summed E-state index contributed by atoms with van der Waals surface area (Å²) in [4.78, 5) is 4.12. The van der Waals surface area contributed by atoms with E-state index in [1.807, 2.05) is 12.1 Å². The molecule has 78 valence electrons. The van der Waals surface area contributed by atoms with E-state index in [1.54, 1.807) is 13.1 Å². The van der Waals surface area contributed by atoms with E-state index >= 15 is 0 Å². The van der Waals surface area contributed by atoms with Gasteiger partial charge in [-0.15, -0.1) is 5.10 Å². The van der Waals surface area contributed by atoms with Crippen LogP contribution in [-0.2, 0) is 7.05 Å². The lowest BCUT2D eigenvalue weighted by Gasteiger charge is -1.98. The number of anilines is 1. The van der Waals surface area contributed by atoms with Gasteiger partial charge in [0.2, 0.25) is 5.95 Å². The molecule has 0 bridgehead atoms. The van der Waals surface area contributed by atoms with Crippen molar-refractivity contribution in [1.29, 1.82) is 0 Å². The van der Waals surface area contributed by atoms with E-state index in [9.17, 15) is 0 Å². The summed E-state index contributed by atoms with van der Waals surface area (Å²) in [5, 5.41) is 4.82. The molecule has 0 aliphatic heterocycles. The van der Waals surface area contributed by atoms with Crippen molar-refractivity contribution in [2.45, 2.75) is 0 Å². The summed E-state index contributed by atoms with van der Waals surface area (Å²) in [7, 11) is 1.75. The van der Waals surface area contributed by atoms with Gasteiger partial charge in [-0.3, -0.25) is 0 Å². The molecule has 2 aromatic rings. The van der Waals surface area contributed by atoms with Gasteiger partial charge in [0.25, 0.3) is 0 Å². The third-order valence-electron chi connectivity index (χ3n) is 1.97. The van der Waals surface area contributed by atoms with Crippen molar-refractivity contribution < 1.29 is 0 Å². The number of rotatable bonds is 1. The molecule has 1 aromatic heterocycles. The first-order chi connectivity index (χ1) is 7.08. The average molecular weight is 288 g/mol. The number of aryl methyl sites for hydroxylation is 1. The molecule has 2 N–H and O–H groups in total. The van der Waals surface area contributed by atoms with E-state index in [2.05, 4.69) is 26.0 Å². The standard InChI is InChI=1S/C9H8BrClN4/c1-15-9(12)13-8(14-15)5-2-3-7(11)6(10)4-5/h2-4H,1H3,(H2,12,13,14). The fourth-order valence-electron chi connectivity index (χ4n) is 1.15. The molecule has 4 nitrogen and oxygen atoms in total. The van der Waals surface area contributed by atoms with Crippen LogP contribution >= 0.6 is 27.5 Å². The number of nitrogen functional groups attached to an aromatic ring is 1. The summed E-state index contributed by atoms with van der Waals surface area (Å²) in [6.45, 7) is 0. The Morgan fingerprint density at radius 2 is 2.20 bits per heavy atom. The quantitative estimate of drug-likeness (QED) is 0.876. The summed E-state index contributed by atoms with van der Waals surface area (Å²) in [6.07, 6.45) is 0. The maximum absolute atomic E-state index is 5.89. The Labute approximate surface area is 100 Å². The van der Waals surface area contributed by atoms with Gasteiger partial charge in [0.1, 0.15) is 0 Å². The van der Waals surface area contributed by atoms with Crippen LogP contribution in [0, 0.1) is 0 Å². The van der Waals surface area contributed by atoms with E-state index in [-0.39, 0.29) is 0 Å². The zero-order chi connectivity index (χ0) is 11.0. The fourth-order valence-corrected chi connectivity index (χ4v) is 1.65. The Kier molecular flexibility index (Phi) is 2.67. The predicted molar refractivity (Wildman–Crippen MR) is 63.6 cm³/mol. The number of nitrogens with zero attached hydrogens (tertiary/aromatic N) is 3. The van der Waals surface area contributed by atoms with Crippen LogP contribution in [0.15, 0.2) is 22.7 Å². The predicted octanol–water partition coefficient (Wildman–Crippen LogP) is 2.48. The molecule has 0 fully saturated rings. The maximum Gasteiger partial charge on any atom is 0.218 e. The minimum Gasteiger partial charge on any atom is -0.368 e. The topological polar surface area (TPSA) is 56.7 Å². The number of halogens is 2. The van der Waals surface area contributed by atoms with Crippen LogP contribution < -0.4 is 5.73 Å². The highest BCUT2D eigenvalue weighted by Gasteiger charge is 2.08. The smallest absolute Gasteiger partial charge is 0.218 e. The van der Waals surface area contributed by atoms with Crippen molar-refractivity contribution in [3.63, 3.8) is 0 Å². The molecule has 0 aliphatic carbocycles. The number of aromatic nitrogens is 3. The Morgan fingerprint density at radius 1 is 1.47 bits per heavy atom. The largest absolute Gasteiger partial charge is 0.368 e. The van der Waals surface area contributed by atoms with Gasteiger partial charge in [0.05, 0.1) is 5.02 Å². The second-order valence-corrected chi connectivity index (χ2v) is 4.31. The molecule has 1 aromatic carbocycles. The zero-order valence-electron chi connectivity index (χ0n) is 7.91. The number of hydrogen-bond acceptors (Lipinski definition) is 3. The van der Waals surface area contributed by atoms with Gasteiger partial charge in [-0.2, -0.15) is 4.98 Å². The van der Waals surface area contributed by atoms with E-state index in [0.717, 1.165) is 10.0 Å². The summed E-state index contributed by atoms with van der Waals surface area (Å²) in [5.41, 5.74) is 6.47. The zero-order valence-corrected chi connectivity index (χ0v) is 10.2. The summed E-state index contributed by atoms with van der Waals surface area (Å²) in [5.74, 6) is 0.975. The highest BCUT2D eigenvalue weighted by molar-refractivity contribution is 9.10. The third-order valence-corrected chi connectivity index (χ3v) is 3.19. The summed E-state index contributed by atoms with van der Waals surface area (Å²) < 4.78 is 2.34. The highest BCUT2D eigenvalue weighted by Crippen LogP contribution is 2.27. The molecule has 6 heteroatoms. The minimum absolute atomic E-state index is 0.385. The molecule has 0 saturated heterocycles. The fraction of sp³-hybridized carbons (Fsp3) is 0.111. The van der Waals surface area contributed by atoms with Gasteiger partial charge in [-0.1, -0.05) is 11.6 Å². The second-order valence-electron chi connectivity index (χ2n) is 3.05. The second kappa shape index (κ2) is 3.83. The Bertz CT molecular complexity index is 489. The van der Waals surface area contributed by atoms with E-state index in [0.29, 0.717) is 16.8 Å². The van der Waals surface area contributed by atoms with Crippen molar-refractivity contribution in [1.82, 2.24) is 14.8 Å². The van der Waals surface area contributed by atoms with Gasteiger partial charge in [0, 0.05) is 17.1 Å². The molecular formula is C9H8BrClN4. The average Bonchev–Trinajstić information content (AvgIpc) is 2.52. The summed E-state index contributed by atoms with van der Waals surface area (Å²) in [6, 6.07) is 5.49. The van der Waals surface area contributed by atoms with Gasteiger partial charge in [0.15, 0.2) is 5.82 Å². The van der Waals surface area contributed by atoms with Gasteiger partial charge < -0.3 is 5.73 Å². The van der Waals surface area contributed by atoms with Crippen molar-refractivity contribution in [3.05, 3.63) is 27.7 Å². The van der Waals surface area contributed by atoms with Gasteiger partial charge in [-0.05, 0) is 34.1 Å². The Balaban J connectivity index is 2.49. The van der Waals surface area contributed by atoms with Crippen LogP contribution in [0.1, 0.15) is 0 Å². The van der Waals surface area contributed by atoms with E-state index in [4.69, 9.17) is 17.3 Å². The number of benzene rings is 1. The lowest BCUT2D eigenvalue weighted by Crippen LogP contribution is -1.97. The Morgan fingerprint density at radius 3 is 2.73 bits per heavy atom. The van der Waals surface area contributed by atoms with Crippen LogP contribution in [0.4, 0.5) is 5.95 Å². The van der Waals surface area contributed by atoms with Crippen LogP contribution in [0.5, 0.6) is 0 Å². The van der Waals surface area contributed by atoms with Gasteiger partial charge >= 0.3 is 0 Å². The van der Waals surface area contributed by atoms with E-state index in [1.165, 1.54) is 4.68 Å². The molecule has 0 saturated carbocycles. The third kappa shape index (κ3) is 1.98. The molecule has 0 unspecified atom stereocenters. The molecule has 0 atom stereocenters. The van der Waals surface area contributed by atoms with Crippen LogP contribution in [0.2, 0.25) is 5.02 Å². The Hall–Kier alpha value is -1.07. The lowest BCUT2D eigenvalue weighted by atomic mass is 10.2. The number of hydrogen-bond donors (Lipinski definition) is 1. The molecule has 1 heterocycles. The van der Waals surface area contributed by atoms with E-state index < -0.39 is 0 Å². The van der Waals surface area contributed by atoms with Crippen LogP contribution in [0.3, 0.4) is 0 Å². The van der Waals surface area contributed by atoms with Crippen molar-refractivity contribution >= 4 is 33.5 Å². The molecule has 0 aliphatic rings. The molecule has 0 amide bonds. The van der Waals surface area contributed by atoms with Gasteiger partial charge in [-0.25, -0.2) is 4.68 Å². The van der Waals surface area contributed by atoms with Crippen LogP contribution in [0.25, 0.3) is 11.4 Å². The minimum atomic E-state index is 0.385. The molecule has 15 heavy (non-hydrogen) atoms. The molecule has 2 rings (SSSR count). The summed E-state index contributed by atoms with van der Waals surface area (Å²) >= 11 is 9.23. The first kappa shape index (κ1) is 10.4. The molecular weight excluding hydrogens is 279 g/mol. The maximum atomic E-state index is 5.89.